The summed E-state index contributed by atoms with van der Waals surface area (Å²) >= 11 is 7.64. The molecular weight excluding hydrogens is 605 g/mol. The molecule has 0 amide bonds. The number of benzene rings is 2. The van der Waals surface area contributed by atoms with Crippen molar-refractivity contribution in [2.75, 3.05) is 6.61 Å². The van der Waals surface area contributed by atoms with E-state index in [1.54, 1.807) is 37.4 Å². The molecule has 0 aliphatic heterocycles. The molecule has 0 saturated heterocycles. The largest absolute Gasteiger partial charge is 0.491 e. The van der Waals surface area contributed by atoms with E-state index in [0.29, 0.717) is 43.6 Å². The molecule has 218 valence electrons. The van der Waals surface area contributed by atoms with Gasteiger partial charge in [0, 0.05) is 32.8 Å². The van der Waals surface area contributed by atoms with E-state index < -0.39 is 17.3 Å². The number of ether oxygens (including phenoxy) is 1. The fourth-order valence-electron chi connectivity index (χ4n) is 5.09. The molecule has 0 aliphatic carbocycles. The molecule has 0 aliphatic rings. The summed E-state index contributed by atoms with van der Waals surface area (Å²) in [5, 5.41) is 21.8. The number of aromatic carboxylic acids is 1. The van der Waals surface area contributed by atoms with E-state index >= 15 is 0 Å². The van der Waals surface area contributed by atoms with Crippen molar-refractivity contribution < 1.29 is 19.0 Å². The number of fused-ring (bicyclic) bond motifs is 2. The van der Waals surface area contributed by atoms with Gasteiger partial charge in [0.1, 0.15) is 30.1 Å². The Kier molecular flexibility index (Phi) is 7.55. The minimum atomic E-state index is -1.06. The summed E-state index contributed by atoms with van der Waals surface area (Å²) in [6.07, 6.45) is 1.43. The standard InChI is InChI=1S/C32H21ClFN5O4S/c1-16-11-22(30-29(37-16)24(15-44-30)32(41)42)21-12-19(33)5-8-26(21)43-10-9-39-17(2)38-25-14-36-28(18-3-6-20(34)7-4-18)23(13-35)27(25)31(39)40/h3-8,11-12,14-15H,9-10H2,1-2H3,(H,41,42). The highest BCUT2D eigenvalue weighted by Crippen LogP contribution is 2.40. The summed E-state index contributed by atoms with van der Waals surface area (Å²) in [6.45, 7) is 3.65. The molecule has 0 atom stereocenters. The van der Waals surface area contributed by atoms with Gasteiger partial charge in [-0.2, -0.15) is 5.26 Å². The predicted molar refractivity (Wildman–Crippen MR) is 166 cm³/mol. The number of aryl methyl sites for hydroxylation is 2. The zero-order valence-corrected chi connectivity index (χ0v) is 24.8. The van der Waals surface area contributed by atoms with Gasteiger partial charge in [0.25, 0.3) is 5.56 Å². The number of hydrogen-bond acceptors (Lipinski definition) is 8. The number of rotatable bonds is 7. The molecule has 4 heterocycles. The molecule has 9 nitrogen and oxygen atoms in total. The van der Waals surface area contributed by atoms with Crippen LogP contribution in [0.4, 0.5) is 4.39 Å². The second-order valence-corrected chi connectivity index (χ2v) is 11.2. The number of carboxylic acids is 1. The number of carbonyl (C=O) groups is 1. The van der Waals surface area contributed by atoms with E-state index in [9.17, 15) is 24.3 Å². The maximum absolute atomic E-state index is 13.7. The summed E-state index contributed by atoms with van der Waals surface area (Å²) in [4.78, 5) is 38.8. The topological polar surface area (TPSA) is 131 Å². The van der Waals surface area contributed by atoms with E-state index in [-0.39, 0.29) is 40.9 Å². The predicted octanol–water partition coefficient (Wildman–Crippen LogP) is 6.79. The van der Waals surface area contributed by atoms with Crippen LogP contribution in [0.5, 0.6) is 5.75 Å². The highest BCUT2D eigenvalue weighted by atomic mass is 35.5. The highest BCUT2D eigenvalue weighted by molar-refractivity contribution is 7.18. The molecule has 12 heteroatoms. The van der Waals surface area contributed by atoms with Gasteiger partial charge in [-0.15, -0.1) is 11.3 Å². The average molecular weight is 626 g/mol. The third-order valence-corrected chi connectivity index (χ3v) is 8.34. The third-order valence-electron chi connectivity index (χ3n) is 7.11. The second-order valence-electron chi connectivity index (χ2n) is 9.91. The molecule has 4 aromatic heterocycles. The normalized spacial score (nSPS) is 11.2. The number of carboxylic acid groups (broad SMARTS) is 1. The van der Waals surface area contributed by atoms with Crippen molar-refractivity contribution >= 4 is 50.0 Å². The average Bonchev–Trinajstić information content (AvgIpc) is 3.43. The molecule has 0 radical (unpaired) electrons. The molecule has 6 rings (SSSR count). The smallest absolute Gasteiger partial charge is 0.338 e. The van der Waals surface area contributed by atoms with Gasteiger partial charge in [0.05, 0.1) is 50.7 Å². The van der Waals surface area contributed by atoms with Crippen LogP contribution >= 0.6 is 22.9 Å². The van der Waals surface area contributed by atoms with Crippen LogP contribution in [0.15, 0.2) is 64.9 Å². The summed E-state index contributed by atoms with van der Waals surface area (Å²) in [6, 6.07) is 14.6. The highest BCUT2D eigenvalue weighted by Gasteiger charge is 2.20. The van der Waals surface area contributed by atoms with Gasteiger partial charge < -0.3 is 9.84 Å². The van der Waals surface area contributed by atoms with Crippen LogP contribution in [-0.4, -0.2) is 37.2 Å². The maximum atomic E-state index is 13.7. The van der Waals surface area contributed by atoms with Crippen LogP contribution in [0.25, 0.3) is 43.5 Å². The van der Waals surface area contributed by atoms with Crippen molar-refractivity contribution in [2.24, 2.45) is 0 Å². The van der Waals surface area contributed by atoms with Gasteiger partial charge in [0.2, 0.25) is 0 Å². The van der Waals surface area contributed by atoms with Crippen molar-refractivity contribution in [3.8, 4) is 34.2 Å². The molecule has 1 N–H and O–H groups in total. The Bertz CT molecular complexity index is 2220. The monoisotopic (exact) mass is 625 g/mol. The lowest BCUT2D eigenvalue weighted by Gasteiger charge is -2.16. The van der Waals surface area contributed by atoms with Crippen LogP contribution < -0.4 is 10.3 Å². The van der Waals surface area contributed by atoms with Crippen molar-refractivity contribution in [3.63, 3.8) is 0 Å². The lowest BCUT2D eigenvalue weighted by atomic mass is 10.0. The van der Waals surface area contributed by atoms with Gasteiger partial charge in [-0.05, 0) is 62.4 Å². The third kappa shape index (κ3) is 5.15. The van der Waals surface area contributed by atoms with Crippen molar-refractivity contribution in [3.05, 3.63) is 104 Å². The van der Waals surface area contributed by atoms with E-state index in [0.717, 1.165) is 5.56 Å². The van der Waals surface area contributed by atoms with Gasteiger partial charge in [-0.1, -0.05) is 11.6 Å². The first-order chi connectivity index (χ1) is 21.2. The quantitative estimate of drug-likeness (QED) is 0.205. The van der Waals surface area contributed by atoms with E-state index in [4.69, 9.17) is 16.3 Å². The Morgan fingerprint density at radius 3 is 2.64 bits per heavy atom. The number of nitrogens with zero attached hydrogens (tertiary/aromatic N) is 5. The van der Waals surface area contributed by atoms with E-state index in [1.165, 1.54) is 46.4 Å². The zero-order chi connectivity index (χ0) is 31.1. The first-order valence-corrected chi connectivity index (χ1v) is 14.5. The number of aromatic nitrogens is 4. The van der Waals surface area contributed by atoms with Crippen LogP contribution in [0, 0.1) is 31.0 Å². The Hall–Kier alpha value is -5.18. The summed E-state index contributed by atoms with van der Waals surface area (Å²) < 4.78 is 21.8. The van der Waals surface area contributed by atoms with Gasteiger partial charge in [-0.25, -0.2) is 14.2 Å². The van der Waals surface area contributed by atoms with Crippen LogP contribution in [-0.2, 0) is 6.54 Å². The molecule has 0 saturated carbocycles. The van der Waals surface area contributed by atoms with Crippen molar-refractivity contribution in [2.45, 2.75) is 20.4 Å². The van der Waals surface area contributed by atoms with Crippen LogP contribution in [0.1, 0.15) is 27.4 Å². The molecule has 2 aromatic carbocycles. The van der Waals surface area contributed by atoms with Gasteiger partial charge >= 0.3 is 5.97 Å². The van der Waals surface area contributed by atoms with Crippen molar-refractivity contribution in [1.82, 2.24) is 19.5 Å². The fourth-order valence-corrected chi connectivity index (χ4v) is 6.28. The molecule has 0 bridgehead atoms. The second kappa shape index (κ2) is 11.5. The number of hydrogen-bond donors (Lipinski definition) is 1. The maximum Gasteiger partial charge on any atom is 0.338 e. The number of nitriles is 1. The Labute approximate surface area is 258 Å². The number of pyridine rings is 2. The number of halogens is 2. The minimum absolute atomic E-state index is 0.0509. The Morgan fingerprint density at radius 2 is 1.91 bits per heavy atom. The molecular formula is C32H21ClFN5O4S. The summed E-state index contributed by atoms with van der Waals surface area (Å²) in [7, 11) is 0. The molecule has 6 aromatic rings. The van der Waals surface area contributed by atoms with Crippen LogP contribution in [0.2, 0.25) is 5.02 Å². The first-order valence-electron chi connectivity index (χ1n) is 13.3. The molecule has 44 heavy (non-hydrogen) atoms. The first kappa shape index (κ1) is 28.9. The summed E-state index contributed by atoms with van der Waals surface area (Å²) in [5.41, 5.74) is 3.16. The minimum Gasteiger partial charge on any atom is -0.491 e. The molecule has 0 spiro atoms. The van der Waals surface area contributed by atoms with E-state index in [1.807, 2.05) is 6.07 Å². The molecule has 0 fully saturated rings. The van der Waals surface area contributed by atoms with Gasteiger partial charge in [-0.3, -0.25) is 19.3 Å². The Balaban J connectivity index is 1.36. The fraction of sp³-hybridized carbons (Fsp3) is 0.125. The lowest BCUT2D eigenvalue weighted by molar-refractivity contribution is 0.0699. The van der Waals surface area contributed by atoms with E-state index in [2.05, 4.69) is 21.0 Å². The van der Waals surface area contributed by atoms with Gasteiger partial charge in [0.15, 0.2) is 0 Å². The Morgan fingerprint density at radius 1 is 1.14 bits per heavy atom. The SMILES string of the molecule is Cc1cc(-c2cc(Cl)ccc2OCCn2c(C)nc3cnc(-c4ccc(F)cc4)c(C#N)c3c2=O)c2scc(C(=O)O)c2n1. The van der Waals surface area contributed by atoms with Crippen LogP contribution in [0.3, 0.4) is 0 Å². The summed E-state index contributed by atoms with van der Waals surface area (Å²) in [5.74, 6) is -0.603. The molecule has 0 unspecified atom stereocenters. The number of thiophene rings is 1. The zero-order valence-electron chi connectivity index (χ0n) is 23.3. The van der Waals surface area contributed by atoms with Crippen molar-refractivity contribution in [1.29, 1.82) is 5.26 Å². The lowest BCUT2D eigenvalue weighted by Crippen LogP contribution is -2.27.